The molecule has 1 heterocycles. The number of halogens is 2. The maximum absolute atomic E-state index is 12.3. The van der Waals surface area contributed by atoms with Crippen LogP contribution in [0.5, 0.6) is 0 Å². The van der Waals surface area contributed by atoms with Gasteiger partial charge in [0.05, 0.1) is 11.0 Å². The number of nitrogens with one attached hydrogen (secondary N) is 1. The Morgan fingerprint density at radius 2 is 1.73 bits per heavy atom. The van der Waals surface area contributed by atoms with Crippen molar-refractivity contribution in [2.24, 2.45) is 0 Å². The quantitative estimate of drug-likeness (QED) is 0.301. The van der Waals surface area contributed by atoms with Crippen LogP contribution in [0, 0.1) is 0 Å². The van der Waals surface area contributed by atoms with Gasteiger partial charge in [-0.05, 0) is 60.5 Å². The van der Waals surface area contributed by atoms with Crippen molar-refractivity contribution in [3.05, 3.63) is 98.7 Å². The Balaban J connectivity index is 1.44. The highest BCUT2D eigenvalue weighted by molar-refractivity contribution is 9.10. The second-order valence-electron chi connectivity index (χ2n) is 7.10. The summed E-state index contributed by atoms with van der Waals surface area (Å²) in [6.07, 6.45) is 1.62. The predicted molar refractivity (Wildman–Crippen MR) is 128 cm³/mol. The third-order valence-corrected chi connectivity index (χ3v) is 5.95. The molecule has 0 radical (unpaired) electrons. The number of aromatic nitrogens is 2. The number of hydrogen-bond acceptors (Lipinski definition) is 2. The molecule has 0 saturated carbocycles. The second-order valence-corrected chi connectivity index (χ2v) is 8.93. The van der Waals surface area contributed by atoms with E-state index in [-0.39, 0.29) is 5.91 Å². The highest BCUT2D eigenvalue weighted by Crippen LogP contribution is 2.20. The van der Waals surface area contributed by atoms with E-state index >= 15 is 0 Å². The minimum Gasteiger partial charge on any atom is -0.352 e. The van der Waals surface area contributed by atoms with Gasteiger partial charge >= 0.3 is 0 Å². The lowest BCUT2D eigenvalue weighted by Gasteiger charge is -2.10. The van der Waals surface area contributed by atoms with Gasteiger partial charge < -0.3 is 9.88 Å². The SMILES string of the molecule is O=C(NCCCc1nc2ccccc2n1Cc1cccc(Br)c1)c1ccc(Br)cc1. The van der Waals surface area contributed by atoms with Crippen molar-refractivity contribution in [1.82, 2.24) is 14.9 Å². The standard InChI is InChI=1S/C24H21Br2N3O/c25-19-12-10-18(11-13-19)24(30)27-14-4-9-23-28-21-7-1-2-8-22(21)29(23)16-17-5-3-6-20(26)15-17/h1-3,5-8,10-13,15H,4,9,14,16H2,(H,27,30). The van der Waals surface area contributed by atoms with Crippen LogP contribution in [-0.4, -0.2) is 22.0 Å². The molecule has 0 bridgehead atoms. The molecular weight excluding hydrogens is 506 g/mol. The van der Waals surface area contributed by atoms with Crippen molar-refractivity contribution in [2.75, 3.05) is 6.54 Å². The van der Waals surface area contributed by atoms with E-state index in [1.807, 2.05) is 48.5 Å². The van der Waals surface area contributed by atoms with E-state index < -0.39 is 0 Å². The minimum atomic E-state index is -0.0508. The summed E-state index contributed by atoms with van der Waals surface area (Å²) in [4.78, 5) is 17.1. The Kier molecular flexibility index (Phi) is 6.65. The van der Waals surface area contributed by atoms with Crippen molar-refractivity contribution in [1.29, 1.82) is 0 Å². The number of carbonyl (C=O) groups excluding carboxylic acids is 1. The van der Waals surface area contributed by atoms with Gasteiger partial charge in [0.1, 0.15) is 5.82 Å². The lowest BCUT2D eigenvalue weighted by atomic mass is 10.2. The normalized spacial score (nSPS) is 11.0. The fourth-order valence-corrected chi connectivity index (χ4v) is 4.17. The van der Waals surface area contributed by atoms with Gasteiger partial charge in [0, 0.05) is 34.0 Å². The number of carbonyl (C=O) groups is 1. The van der Waals surface area contributed by atoms with Crippen LogP contribution < -0.4 is 5.32 Å². The lowest BCUT2D eigenvalue weighted by molar-refractivity contribution is 0.0953. The van der Waals surface area contributed by atoms with E-state index in [9.17, 15) is 4.79 Å². The number of aryl methyl sites for hydroxylation is 1. The molecule has 4 rings (SSSR count). The summed E-state index contributed by atoms with van der Waals surface area (Å²) < 4.78 is 4.30. The molecule has 152 valence electrons. The van der Waals surface area contributed by atoms with Crippen LogP contribution in [0.3, 0.4) is 0 Å². The van der Waals surface area contributed by atoms with Crippen LogP contribution in [-0.2, 0) is 13.0 Å². The third-order valence-electron chi connectivity index (χ3n) is 4.93. The first-order chi connectivity index (χ1) is 14.6. The van der Waals surface area contributed by atoms with Crippen molar-refractivity contribution < 1.29 is 4.79 Å². The van der Waals surface area contributed by atoms with Gasteiger partial charge in [-0.2, -0.15) is 0 Å². The summed E-state index contributed by atoms with van der Waals surface area (Å²) in [5, 5.41) is 3.00. The number of para-hydroxylation sites is 2. The zero-order valence-electron chi connectivity index (χ0n) is 16.3. The number of rotatable bonds is 7. The third kappa shape index (κ3) is 4.99. The summed E-state index contributed by atoms with van der Waals surface area (Å²) >= 11 is 6.94. The Morgan fingerprint density at radius 1 is 0.933 bits per heavy atom. The zero-order valence-corrected chi connectivity index (χ0v) is 19.5. The molecule has 4 aromatic rings. The van der Waals surface area contributed by atoms with Crippen molar-refractivity contribution in [3.8, 4) is 0 Å². The van der Waals surface area contributed by atoms with E-state index in [1.165, 1.54) is 5.56 Å². The molecule has 0 atom stereocenters. The fraction of sp³-hybridized carbons (Fsp3) is 0.167. The Hall–Kier alpha value is -2.44. The first-order valence-electron chi connectivity index (χ1n) is 9.82. The van der Waals surface area contributed by atoms with Crippen molar-refractivity contribution in [2.45, 2.75) is 19.4 Å². The summed E-state index contributed by atoms with van der Waals surface area (Å²) in [6.45, 7) is 1.37. The molecule has 6 heteroatoms. The van der Waals surface area contributed by atoms with Gasteiger partial charge in [-0.3, -0.25) is 4.79 Å². The second kappa shape index (κ2) is 9.58. The average molecular weight is 527 g/mol. The first kappa shape index (κ1) is 20.8. The number of amides is 1. The molecule has 0 aliphatic carbocycles. The molecule has 0 aliphatic heterocycles. The predicted octanol–water partition coefficient (Wildman–Crippen LogP) is 5.97. The van der Waals surface area contributed by atoms with Crippen LogP contribution in [0.2, 0.25) is 0 Å². The molecule has 1 aromatic heterocycles. The van der Waals surface area contributed by atoms with Crippen LogP contribution in [0.4, 0.5) is 0 Å². The molecule has 0 unspecified atom stereocenters. The Labute approximate surface area is 192 Å². The molecule has 0 fully saturated rings. The monoisotopic (exact) mass is 525 g/mol. The molecule has 1 N–H and O–H groups in total. The van der Waals surface area contributed by atoms with Crippen LogP contribution >= 0.6 is 31.9 Å². The van der Waals surface area contributed by atoms with Gasteiger partial charge in [0.2, 0.25) is 0 Å². The highest BCUT2D eigenvalue weighted by atomic mass is 79.9. The molecule has 0 spiro atoms. The lowest BCUT2D eigenvalue weighted by Crippen LogP contribution is -2.25. The average Bonchev–Trinajstić information content (AvgIpc) is 3.09. The summed E-state index contributed by atoms with van der Waals surface area (Å²) in [5.74, 6) is 0.985. The smallest absolute Gasteiger partial charge is 0.251 e. The fourth-order valence-electron chi connectivity index (χ4n) is 3.46. The Bertz CT molecular complexity index is 1170. The summed E-state index contributed by atoms with van der Waals surface area (Å²) in [7, 11) is 0. The number of fused-ring (bicyclic) bond motifs is 1. The molecular formula is C24H21Br2N3O. The van der Waals surface area contributed by atoms with Gasteiger partial charge in [-0.15, -0.1) is 0 Å². The molecule has 3 aromatic carbocycles. The van der Waals surface area contributed by atoms with Crippen molar-refractivity contribution in [3.63, 3.8) is 0 Å². The zero-order chi connectivity index (χ0) is 20.9. The summed E-state index contributed by atoms with van der Waals surface area (Å²) in [6, 6.07) is 23.9. The Morgan fingerprint density at radius 3 is 2.53 bits per heavy atom. The number of hydrogen-bond donors (Lipinski definition) is 1. The minimum absolute atomic E-state index is 0.0508. The topological polar surface area (TPSA) is 46.9 Å². The largest absolute Gasteiger partial charge is 0.352 e. The van der Waals surface area contributed by atoms with Gasteiger partial charge in [-0.1, -0.05) is 56.1 Å². The first-order valence-corrected chi connectivity index (χ1v) is 11.4. The highest BCUT2D eigenvalue weighted by Gasteiger charge is 2.11. The number of nitrogens with zero attached hydrogens (tertiary/aromatic N) is 2. The maximum Gasteiger partial charge on any atom is 0.251 e. The molecule has 1 amide bonds. The van der Waals surface area contributed by atoms with E-state index in [0.717, 1.165) is 45.2 Å². The van der Waals surface area contributed by atoms with Crippen LogP contribution in [0.25, 0.3) is 11.0 Å². The van der Waals surface area contributed by atoms with Crippen molar-refractivity contribution >= 4 is 48.8 Å². The maximum atomic E-state index is 12.3. The number of imidazole rings is 1. The van der Waals surface area contributed by atoms with E-state index in [2.05, 4.69) is 66.0 Å². The van der Waals surface area contributed by atoms with Gasteiger partial charge in [0.25, 0.3) is 5.91 Å². The molecule has 0 saturated heterocycles. The van der Waals surface area contributed by atoms with Gasteiger partial charge in [-0.25, -0.2) is 4.98 Å². The van der Waals surface area contributed by atoms with Crippen LogP contribution in [0.1, 0.15) is 28.2 Å². The molecule has 30 heavy (non-hydrogen) atoms. The summed E-state index contributed by atoms with van der Waals surface area (Å²) in [5.41, 5.74) is 4.02. The van der Waals surface area contributed by atoms with Crippen LogP contribution in [0.15, 0.2) is 81.7 Å². The van der Waals surface area contributed by atoms with E-state index in [0.29, 0.717) is 12.1 Å². The number of benzene rings is 3. The van der Waals surface area contributed by atoms with E-state index in [1.54, 1.807) is 0 Å². The van der Waals surface area contributed by atoms with E-state index in [4.69, 9.17) is 4.98 Å². The van der Waals surface area contributed by atoms with Gasteiger partial charge in [0.15, 0.2) is 0 Å². The molecule has 0 aliphatic rings. The molecule has 4 nitrogen and oxygen atoms in total.